The monoisotopic (exact) mass is 274 g/mol. The number of nitrogens with one attached hydrogen (secondary N) is 1. The van der Waals surface area contributed by atoms with Crippen LogP contribution in [0.4, 0.5) is 5.69 Å². The summed E-state index contributed by atoms with van der Waals surface area (Å²) in [5.41, 5.74) is 3.72. The number of nitro groups is 1. The number of nitrogens with zero attached hydrogens (tertiary/aromatic N) is 3. The van der Waals surface area contributed by atoms with Crippen molar-refractivity contribution in [2.75, 3.05) is 6.54 Å². The molecule has 20 heavy (non-hydrogen) atoms. The normalized spacial score (nSPS) is 10.8. The second kappa shape index (κ2) is 5.83. The van der Waals surface area contributed by atoms with E-state index in [-0.39, 0.29) is 10.6 Å². The fourth-order valence-corrected chi connectivity index (χ4v) is 2.13. The van der Waals surface area contributed by atoms with Crippen LogP contribution in [0.5, 0.6) is 0 Å². The lowest BCUT2D eigenvalue weighted by molar-refractivity contribution is -0.384. The van der Waals surface area contributed by atoms with Crippen molar-refractivity contribution in [2.24, 2.45) is 7.05 Å². The zero-order chi connectivity index (χ0) is 14.7. The minimum Gasteiger partial charge on any atom is -0.313 e. The molecular formula is C14H18N4O2. The molecule has 0 aliphatic heterocycles. The van der Waals surface area contributed by atoms with Crippen molar-refractivity contribution in [3.05, 3.63) is 45.6 Å². The van der Waals surface area contributed by atoms with Crippen LogP contribution in [0.1, 0.15) is 18.1 Å². The van der Waals surface area contributed by atoms with Crippen LogP contribution in [-0.4, -0.2) is 21.2 Å². The molecule has 1 aromatic carbocycles. The van der Waals surface area contributed by atoms with Gasteiger partial charge >= 0.3 is 0 Å². The van der Waals surface area contributed by atoms with Gasteiger partial charge in [0.25, 0.3) is 5.69 Å². The summed E-state index contributed by atoms with van der Waals surface area (Å²) in [7, 11) is 1.85. The Labute approximate surface area is 117 Å². The summed E-state index contributed by atoms with van der Waals surface area (Å²) in [4.78, 5) is 10.5. The van der Waals surface area contributed by atoms with Gasteiger partial charge in [0.2, 0.25) is 0 Å². The van der Waals surface area contributed by atoms with E-state index in [9.17, 15) is 10.1 Å². The number of aromatic nitrogens is 2. The summed E-state index contributed by atoms with van der Waals surface area (Å²) in [5.74, 6) is 0. The van der Waals surface area contributed by atoms with Gasteiger partial charge in [-0.05, 0) is 19.0 Å². The number of nitro benzene ring substituents is 1. The second-order valence-corrected chi connectivity index (χ2v) is 4.71. The summed E-state index contributed by atoms with van der Waals surface area (Å²) in [6.45, 7) is 5.53. The maximum absolute atomic E-state index is 10.9. The van der Waals surface area contributed by atoms with Gasteiger partial charge in [-0.15, -0.1) is 0 Å². The van der Waals surface area contributed by atoms with Crippen molar-refractivity contribution in [1.82, 2.24) is 15.1 Å². The van der Waals surface area contributed by atoms with Crippen LogP contribution in [0.15, 0.2) is 24.4 Å². The Balaban J connectivity index is 2.50. The van der Waals surface area contributed by atoms with Crippen molar-refractivity contribution in [1.29, 1.82) is 0 Å². The van der Waals surface area contributed by atoms with Gasteiger partial charge in [-0.2, -0.15) is 5.10 Å². The SMILES string of the molecule is CCNCc1cn(C)nc1-c1cc([N+](=O)[O-])ccc1C. The highest BCUT2D eigenvalue weighted by Gasteiger charge is 2.15. The molecule has 0 fully saturated rings. The van der Waals surface area contributed by atoms with Gasteiger partial charge in [-0.3, -0.25) is 14.8 Å². The van der Waals surface area contributed by atoms with Crippen molar-refractivity contribution in [3.8, 4) is 11.3 Å². The van der Waals surface area contributed by atoms with Crippen LogP contribution < -0.4 is 5.32 Å². The van der Waals surface area contributed by atoms with Gasteiger partial charge < -0.3 is 5.32 Å². The van der Waals surface area contributed by atoms with Gasteiger partial charge in [-0.1, -0.05) is 13.0 Å². The topological polar surface area (TPSA) is 73.0 Å². The Morgan fingerprint density at radius 3 is 2.85 bits per heavy atom. The highest BCUT2D eigenvalue weighted by atomic mass is 16.6. The highest BCUT2D eigenvalue weighted by Crippen LogP contribution is 2.29. The molecule has 0 bridgehead atoms. The van der Waals surface area contributed by atoms with E-state index in [2.05, 4.69) is 10.4 Å². The predicted octanol–water partition coefficient (Wildman–Crippen LogP) is 2.41. The first-order valence-electron chi connectivity index (χ1n) is 6.51. The average Bonchev–Trinajstić information content (AvgIpc) is 2.77. The molecule has 0 radical (unpaired) electrons. The van der Waals surface area contributed by atoms with Gasteiger partial charge in [0.05, 0.1) is 10.6 Å². The molecule has 2 rings (SSSR count). The Morgan fingerprint density at radius 1 is 1.45 bits per heavy atom. The smallest absolute Gasteiger partial charge is 0.270 e. The van der Waals surface area contributed by atoms with Crippen LogP contribution in [0.25, 0.3) is 11.3 Å². The molecular weight excluding hydrogens is 256 g/mol. The van der Waals surface area contributed by atoms with Crippen LogP contribution in [0.2, 0.25) is 0 Å². The van der Waals surface area contributed by atoms with E-state index in [0.717, 1.165) is 28.9 Å². The third-order valence-electron chi connectivity index (χ3n) is 3.16. The van der Waals surface area contributed by atoms with Gasteiger partial charge in [0, 0.05) is 43.0 Å². The summed E-state index contributed by atoms with van der Waals surface area (Å²) in [6, 6.07) is 4.87. The van der Waals surface area contributed by atoms with Gasteiger partial charge in [-0.25, -0.2) is 0 Å². The maximum Gasteiger partial charge on any atom is 0.270 e. The Kier molecular flexibility index (Phi) is 4.14. The molecule has 0 spiro atoms. The number of aryl methyl sites for hydroxylation is 2. The lowest BCUT2D eigenvalue weighted by Gasteiger charge is -2.06. The fourth-order valence-electron chi connectivity index (χ4n) is 2.13. The van der Waals surface area contributed by atoms with E-state index < -0.39 is 0 Å². The summed E-state index contributed by atoms with van der Waals surface area (Å²) < 4.78 is 1.74. The first kappa shape index (κ1) is 14.2. The molecule has 0 aliphatic carbocycles. The van der Waals surface area contributed by atoms with Gasteiger partial charge in [0.1, 0.15) is 0 Å². The largest absolute Gasteiger partial charge is 0.313 e. The van der Waals surface area contributed by atoms with E-state index in [1.54, 1.807) is 16.8 Å². The molecule has 0 atom stereocenters. The first-order valence-corrected chi connectivity index (χ1v) is 6.51. The fraction of sp³-hybridized carbons (Fsp3) is 0.357. The molecule has 6 nitrogen and oxygen atoms in total. The molecule has 0 amide bonds. The zero-order valence-corrected chi connectivity index (χ0v) is 11.9. The molecule has 0 saturated carbocycles. The van der Waals surface area contributed by atoms with E-state index in [0.29, 0.717) is 6.54 Å². The lowest BCUT2D eigenvalue weighted by atomic mass is 10.0. The van der Waals surface area contributed by atoms with Crippen molar-refractivity contribution in [3.63, 3.8) is 0 Å². The minimum atomic E-state index is -0.379. The maximum atomic E-state index is 10.9. The number of hydrogen-bond donors (Lipinski definition) is 1. The molecule has 1 aromatic heterocycles. The molecule has 0 unspecified atom stereocenters. The Bertz CT molecular complexity index is 634. The predicted molar refractivity (Wildman–Crippen MR) is 77.4 cm³/mol. The molecule has 6 heteroatoms. The molecule has 0 aliphatic rings. The summed E-state index contributed by atoms with van der Waals surface area (Å²) in [5, 5.41) is 18.6. The Hall–Kier alpha value is -2.21. The molecule has 1 N–H and O–H groups in total. The van der Waals surface area contributed by atoms with E-state index in [4.69, 9.17) is 0 Å². The Morgan fingerprint density at radius 2 is 2.20 bits per heavy atom. The van der Waals surface area contributed by atoms with Crippen LogP contribution in [-0.2, 0) is 13.6 Å². The third-order valence-corrected chi connectivity index (χ3v) is 3.16. The number of hydrogen-bond acceptors (Lipinski definition) is 4. The number of non-ortho nitro benzene ring substituents is 1. The van der Waals surface area contributed by atoms with E-state index in [1.165, 1.54) is 6.07 Å². The van der Waals surface area contributed by atoms with Crippen LogP contribution >= 0.6 is 0 Å². The molecule has 106 valence electrons. The molecule has 1 heterocycles. The zero-order valence-electron chi connectivity index (χ0n) is 11.9. The quantitative estimate of drug-likeness (QED) is 0.671. The number of benzene rings is 1. The van der Waals surface area contributed by atoms with Crippen LogP contribution in [0, 0.1) is 17.0 Å². The minimum absolute atomic E-state index is 0.0886. The summed E-state index contributed by atoms with van der Waals surface area (Å²) in [6.07, 6.45) is 1.94. The van der Waals surface area contributed by atoms with E-state index >= 15 is 0 Å². The van der Waals surface area contributed by atoms with Crippen molar-refractivity contribution in [2.45, 2.75) is 20.4 Å². The van der Waals surface area contributed by atoms with Crippen molar-refractivity contribution < 1.29 is 4.92 Å². The number of rotatable bonds is 5. The highest BCUT2D eigenvalue weighted by molar-refractivity contribution is 5.69. The lowest BCUT2D eigenvalue weighted by Crippen LogP contribution is -2.11. The second-order valence-electron chi connectivity index (χ2n) is 4.71. The van der Waals surface area contributed by atoms with E-state index in [1.807, 2.05) is 27.1 Å². The average molecular weight is 274 g/mol. The standard InChI is InChI=1S/C14H18N4O2/c1-4-15-8-11-9-17(3)16-14(11)13-7-12(18(19)20)6-5-10(13)2/h5-7,9,15H,4,8H2,1-3H3. The third kappa shape index (κ3) is 2.85. The van der Waals surface area contributed by atoms with Crippen LogP contribution in [0.3, 0.4) is 0 Å². The molecule has 2 aromatic rings. The first-order chi connectivity index (χ1) is 9.52. The van der Waals surface area contributed by atoms with Gasteiger partial charge in [0.15, 0.2) is 0 Å². The van der Waals surface area contributed by atoms with Crippen molar-refractivity contribution >= 4 is 5.69 Å². The molecule has 0 saturated heterocycles. The summed E-state index contributed by atoms with van der Waals surface area (Å²) >= 11 is 0.